The van der Waals surface area contributed by atoms with Gasteiger partial charge in [0.15, 0.2) is 0 Å². The molecule has 4 N–H and O–H groups in total. The van der Waals surface area contributed by atoms with Crippen LogP contribution in [-0.2, 0) is 51.7 Å². The van der Waals surface area contributed by atoms with Gasteiger partial charge < -0.3 is 39.9 Å². The summed E-state index contributed by atoms with van der Waals surface area (Å²) in [4.78, 5) is 73.0. The highest BCUT2D eigenvalue weighted by Crippen LogP contribution is 2.44. The van der Waals surface area contributed by atoms with Crippen molar-refractivity contribution in [2.75, 3.05) is 20.2 Å². The van der Waals surface area contributed by atoms with Crippen molar-refractivity contribution in [2.24, 2.45) is 11.8 Å². The van der Waals surface area contributed by atoms with E-state index in [1.54, 1.807) is 22.1 Å². The molecule has 2 aromatic heterocycles. The number of alkyl carbamates (subject to hydrolysis) is 1. The molecule has 2 atom stereocenters. The van der Waals surface area contributed by atoms with Gasteiger partial charge in [0.2, 0.25) is 17.7 Å². The molecule has 4 amide bonds. The lowest BCUT2D eigenvalue weighted by Gasteiger charge is -2.28. The Kier molecular flexibility index (Phi) is 12.8. The number of aromatic amines is 2. The zero-order valence-corrected chi connectivity index (χ0v) is 36.5. The van der Waals surface area contributed by atoms with Gasteiger partial charge in [-0.1, -0.05) is 69.3 Å². The smallest absolute Gasteiger partial charge is 0.407 e. The number of hydrogen-bond donors (Lipinski definition) is 4. The fourth-order valence-electron chi connectivity index (χ4n) is 8.50. The largest absolute Gasteiger partial charge is 0.488 e. The summed E-state index contributed by atoms with van der Waals surface area (Å²) in [6.07, 6.45) is 7.58. The first-order valence-electron chi connectivity index (χ1n) is 22.0. The standard InChI is InChI=1S/C49H56N8O6/c1-6-8-21-57(48(60)44(30-12-10-9-11-13-30)54-46(58)31-14-15-31)26-41-50-25-39(52-41)33-16-18-35-34(22-33)28-63-40-24-36-32(23-37(35)40)17-19-38-45(36)53-42(51-38)27-56(20-7-2)47(59)43(29(3)4)55-49(61)62-5/h6,9-13,16,18,22-25,29,31,43-44H,1,7-8,14-15,17,19-21,26-28H2,2-5H3,(H,50,52)(H,51,53)(H,54,58)(H,55,61)/t43-,44+/m0/s1. The van der Waals surface area contributed by atoms with Crippen LogP contribution in [0.25, 0.3) is 33.6 Å². The lowest BCUT2D eigenvalue weighted by Crippen LogP contribution is -2.51. The molecule has 14 nitrogen and oxygen atoms in total. The van der Waals surface area contributed by atoms with Crippen LogP contribution in [-0.4, -0.2) is 79.8 Å². The first-order chi connectivity index (χ1) is 30.5. The van der Waals surface area contributed by atoms with Crippen molar-refractivity contribution in [1.82, 2.24) is 40.4 Å². The summed E-state index contributed by atoms with van der Waals surface area (Å²) < 4.78 is 11.2. The summed E-state index contributed by atoms with van der Waals surface area (Å²) in [5, 5.41) is 5.73. The Bertz CT molecular complexity index is 2510. The molecule has 328 valence electrons. The molecule has 0 spiro atoms. The summed E-state index contributed by atoms with van der Waals surface area (Å²) in [6.45, 7) is 11.5. The van der Waals surface area contributed by atoms with Crippen LogP contribution >= 0.6 is 0 Å². The van der Waals surface area contributed by atoms with Crippen molar-refractivity contribution in [3.05, 3.63) is 114 Å². The number of benzene rings is 3. The minimum absolute atomic E-state index is 0.0322. The van der Waals surface area contributed by atoms with Gasteiger partial charge in [0.05, 0.1) is 37.8 Å². The second kappa shape index (κ2) is 18.7. The average molecular weight is 853 g/mol. The summed E-state index contributed by atoms with van der Waals surface area (Å²) >= 11 is 0. The Hall–Kier alpha value is -6.70. The van der Waals surface area contributed by atoms with E-state index in [-0.39, 0.29) is 42.6 Å². The number of methoxy groups -OCH3 is 1. The van der Waals surface area contributed by atoms with Crippen LogP contribution in [0.15, 0.2) is 79.5 Å². The van der Waals surface area contributed by atoms with Gasteiger partial charge in [-0.2, -0.15) is 0 Å². The van der Waals surface area contributed by atoms with Gasteiger partial charge in [-0.05, 0) is 90.5 Å². The van der Waals surface area contributed by atoms with Crippen LogP contribution in [0.1, 0.15) is 86.5 Å². The molecule has 3 aliphatic rings. The number of aromatic nitrogens is 4. The molecule has 0 saturated heterocycles. The number of fused-ring (bicyclic) bond motifs is 6. The SMILES string of the molecule is C=CCCN(Cc1ncc(-c2ccc3c(c2)COc2cc4c(cc2-3)CCc2[nH]c(CN(CCC)C(=O)[C@@H](NC(=O)OC)C(C)C)nc2-4)[nH]1)C(=O)[C@H](NC(=O)C1CC1)c1ccccc1. The van der Waals surface area contributed by atoms with E-state index in [0.29, 0.717) is 37.8 Å². The number of amides is 4. The van der Waals surface area contributed by atoms with Crippen molar-refractivity contribution >= 4 is 23.8 Å². The van der Waals surface area contributed by atoms with Crippen LogP contribution in [0.4, 0.5) is 4.79 Å². The van der Waals surface area contributed by atoms with Gasteiger partial charge in [-0.25, -0.2) is 14.8 Å². The first-order valence-corrected chi connectivity index (χ1v) is 22.0. The maximum absolute atomic E-state index is 14.2. The molecule has 3 aromatic carbocycles. The fraction of sp³-hybridized carbons (Fsp3) is 0.388. The number of aryl methyl sites for hydroxylation is 2. The predicted octanol–water partition coefficient (Wildman–Crippen LogP) is 7.42. The topological polar surface area (TPSA) is 175 Å². The Balaban J connectivity index is 0.989. The van der Waals surface area contributed by atoms with Crippen LogP contribution in [0.2, 0.25) is 0 Å². The monoisotopic (exact) mass is 852 g/mol. The van der Waals surface area contributed by atoms with Gasteiger partial charge in [0, 0.05) is 35.8 Å². The summed E-state index contributed by atoms with van der Waals surface area (Å²) in [6, 6.07) is 18.5. The molecular weight excluding hydrogens is 797 g/mol. The van der Waals surface area contributed by atoms with Crippen LogP contribution in [0, 0.1) is 11.8 Å². The zero-order valence-electron chi connectivity index (χ0n) is 36.5. The maximum Gasteiger partial charge on any atom is 0.407 e. The molecule has 3 heterocycles. The van der Waals surface area contributed by atoms with Crippen molar-refractivity contribution in [3.8, 4) is 39.4 Å². The number of H-pyrrole nitrogens is 2. The average Bonchev–Trinajstić information content (AvgIpc) is 3.91. The van der Waals surface area contributed by atoms with Crippen LogP contribution in [0.5, 0.6) is 5.75 Å². The Morgan fingerprint density at radius 2 is 1.68 bits per heavy atom. The number of imidazole rings is 2. The van der Waals surface area contributed by atoms with Crippen LogP contribution < -0.4 is 15.4 Å². The van der Waals surface area contributed by atoms with Crippen molar-refractivity contribution in [3.63, 3.8) is 0 Å². The normalized spacial score (nSPS) is 14.5. The molecule has 63 heavy (non-hydrogen) atoms. The molecule has 0 unspecified atom stereocenters. The number of nitrogens with zero attached hydrogens (tertiary/aromatic N) is 4. The molecule has 5 aromatic rings. The van der Waals surface area contributed by atoms with Gasteiger partial charge in [-0.15, -0.1) is 6.58 Å². The van der Waals surface area contributed by atoms with Gasteiger partial charge >= 0.3 is 6.09 Å². The lowest BCUT2D eigenvalue weighted by atomic mass is 9.86. The van der Waals surface area contributed by atoms with E-state index in [1.165, 1.54) is 12.7 Å². The van der Waals surface area contributed by atoms with Crippen LogP contribution in [0.3, 0.4) is 0 Å². The number of ether oxygens (including phenoxy) is 2. The lowest BCUT2D eigenvalue weighted by molar-refractivity contribution is -0.137. The highest BCUT2D eigenvalue weighted by atomic mass is 16.5. The Labute approximate surface area is 367 Å². The molecule has 8 rings (SSSR count). The number of carbonyl (C=O) groups is 4. The highest BCUT2D eigenvalue weighted by Gasteiger charge is 2.35. The third kappa shape index (κ3) is 9.40. The number of nitrogens with one attached hydrogen (secondary N) is 4. The van der Waals surface area contributed by atoms with E-state index in [2.05, 4.69) is 57.5 Å². The third-order valence-corrected chi connectivity index (χ3v) is 12.1. The summed E-state index contributed by atoms with van der Waals surface area (Å²) in [5.74, 6) is 1.50. The molecule has 1 saturated carbocycles. The molecule has 1 fully saturated rings. The molecule has 2 aliphatic carbocycles. The maximum atomic E-state index is 14.2. The summed E-state index contributed by atoms with van der Waals surface area (Å²) in [5.41, 5.74) is 9.79. The molecule has 0 radical (unpaired) electrons. The zero-order chi connectivity index (χ0) is 44.2. The predicted molar refractivity (Wildman–Crippen MR) is 239 cm³/mol. The number of rotatable bonds is 17. The van der Waals surface area contributed by atoms with Gasteiger partial charge in [0.1, 0.15) is 36.1 Å². The highest BCUT2D eigenvalue weighted by molar-refractivity contribution is 5.90. The minimum atomic E-state index is -0.799. The van der Waals surface area contributed by atoms with E-state index < -0.39 is 18.2 Å². The fourth-order valence-corrected chi connectivity index (χ4v) is 8.50. The number of hydrogen-bond acceptors (Lipinski definition) is 8. The number of carbonyl (C=O) groups excluding carboxylic acids is 4. The van der Waals surface area contributed by atoms with E-state index in [9.17, 15) is 19.2 Å². The van der Waals surface area contributed by atoms with Crippen molar-refractivity contribution in [2.45, 2.75) is 91.1 Å². The van der Waals surface area contributed by atoms with E-state index in [1.807, 2.05) is 51.1 Å². The Morgan fingerprint density at radius 3 is 2.41 bits per heavy atom. The van der Waals surface area contributed by atoms with Crippen molar-refractivity contribution < 1.29 is 28.7 Å². The first kappa shape index (κ1) is 43.0. The molecule has 0 bridgehead atoms. The third-order valence-electron chi connectivity index (χ3n) is 12.1. The Morgan fingerprint density at radius 1 is 0.905 bits per heavy atom. The van der Waals surface area contributed by atoms with Crippen molar-refractivity contribution in [1.29, 1.82) is 0 Å². The minimum Gasteiger partial charge on any atom is -0.488 e. The second-order valence-electron chi connectivity index (χ2n) is 17.0. The van der Waals surface area contributed by atoms with E-state index >= 15 is 0 Å². The van der Waals surface area contributed by atoms with Gasteiger partial charge in [-0.3, -0.25) is 14.4 Å². The molecular formula is C49H56N8O6. The second-order valence-corrected chi connectivity index (χ2v) is 17.0. The quantitative estimate of drug-likeness (QED) is 0.0700. The van der Waals surface area contributed by atoms with E-state index in [0.717, 1.165) is 88.3 Å². The molecule has 14 heteroatoms. The summed E-state index contributed by atoms with van der Waals surface area (Å²) in [7, 11) is 1.29. The molecule has 1 aliphatic heterocycles. The van der Waals surface area contributed by atoms with E-state index in [4.69, 9.17) is 19.4 Å². The van der Waals surface area contributed by atoms with Gasteiger partial charge in [0.25, 0.3) is 0 Å².